The molecule has 0 aliphatic heterocycles. The summed E-state index contributed by atoms with van der Waals surface area (Å²) in [5.41, 5.74) is 1.04. The summed E-state index contributed by atoms with van der Waals surface area (Å²) in [6.07, 6.45) is 1.68. The van der Waals surface area contributed by atoms with E-state index in [0.29, 0.717) is 23.6 Å². The average Bonchev–Trinajstić information content (AvgIpc) is 2.56. The Bertz CT molecular complexity index is 818. The van der Waals surface area contributed by atoms with Gasteiger partial charge in [-0.2, -0.15) is 0 Å². The second kappa shape index (κ2) is 9.19. The Kier molecular flexibility index (Phi) is 7.59. The van der Waals surface area contributed by atoms with E-state index >= 15 is 0 Å². The number of ketones is 1. The monoisotopic (exact) mass is 409 g/mol. The lowest BCUT2D eigenvalue weighted by Crippen LogP contribution is -3.00. The number of nitrogens with zero attached hydrogens (tertiary/aromatic N) is 3. The number of rotatable bonds is 7. The zero-order valence-electron chi connectivity index (χ0n) is 13.9. The number of carbonyl (C=O) groups is 1. The lowest BCUT2D eigenvalue weighted by Gasteiger charge is -2.12. The summed E-state index contributed by atoms with van der Waals surface area (Å²) in [6.45, 7) is 4.39. The zero-order valence-corrected chi connectivity index (χ0v) is 15.4. The van der Waals surface area contributed by atoms with E-state index in [4.69, 9.17) is 10.1 Å². The number of hydrogen-bond acceptors (Lipinski definition) is 6. The SMILES string of the molecule is CCOCc1cn(CC(=O)c2ccc([N+](=O)[O-])cc2)c(C)nc1=N.[Br-]. The highest BCUT2D eigenvalue weighted by molar-refractivity contribution is 5.96. The zero-order chi connectivity index (χ0) is 17.7. The van der Waals surface area contributed by atoms with Crippen LogP contribution < -0.4 is 22.5 Å². The predicted octanol–water partition coefficient (Wildman–Crippen LogP) is -0.997. The third-order valence-electron chi connectivity index (χ3n) is 3.48. The molecule has 0 unspecified atom stereocenters. The van der Waals surface area contributed by atoms with Crippen molar-refractivity contribution in [2.45, 2.75) is 27.0 Å². The fourth-order valence-electron chi connectivity index (χ4n) is 2.13. The van der Waals surface area contributed by atoms with Crippen LogP contribution in [0.3, 0.4) is 0 Å². The van der Waals surface area contributed by atoms with Crippen molar-refractivity contribution in [2.75, 3.05) is 6.61 Å². The molecular weight excluding hydrogens is 392 g/mol. The molecule has 1 heterocycles. The van der Waals surface area contributed by atoms with E-state index in [-0.39, 0.29) is 47.1 Å². The smallest absolute Gasteiger partial charge is 0.269 e. The van der Waals surface area contributed by atoms with Crippen molar-refractivity contribution in [3.05, 3.63) is 63.0 Å². The van der Waals surface area contributed by atoms with E-state index in [9.17, 15) is 14.9 Å². The van der Waals surface area contributed by atoms with Crippen LogP contribution in [0, 0.1) is 22.4 Å². The van der Waals surface area contributed by atoms with Gasteiger partial charge in [-0.15, -0.1) is 0 Å². The Hall–Kier alpha value is -2.39. The minimum atomic E-state index is -0.510. The van der Waals surface area contributed by atoms with Crippen molar-refractivity contribution in [1.29, 1.82) is 5.41 Å². The summed E-state index contributed by atoms with van der Waals surface area (Å²) < 4.78 is 6.95. The standard InChI is InChI=1S/C16H18N4O4.BrH/c1-3-24-10-13-8-19(11(2)18-16(13)17)9-15(21)12-4-6-14(7-5-12)20(22)23;/h4-8,17H,3,9-10H2,1-2H3;1H/p-1. The Morgan fingerprint density at radius 2 is 2.00 bits per heavy atom. The van der Waals surface area contributed by atoms with E-state index in [1.54, 1.807) is 17.7 Å². The fraction of sp³-hybridized carbons (Fsp3) is 0.312. The van der Waals surface area contributed by atoms with Gasteiger partial charge in [-0.25, -0.2) is 4.98 Å². The van der Waals surface area contributed by atoms with Gasteiger partial charge in [0, 0.05) is 36.1 Å². The minimum Gasteiger partial charge on any atom is -1.00 e. The largest absolute Gasteiger partial charge is 1.00 e. The number of nitro groups is 1. The molecule has 9 heteroatoms. The highest BCUT2D eigenvalue weighted by Gasteiger charge is 2.12. The first kappa shape index (κ1) is 20.7. The maximum atomic E-state index is 12.4. The first-order valence-electron chi connectivity index (χ1n) is 7.39. The summed E-state index contributed by atoms with van der Waals surface area (Å²) in [6, 6.07) is 5.47. The summed E-state index contributed by atoms with van der Waals surface area (Å²) in [5, 5.41) is 18.5. The van der Waals surface area contributed by atoms with Crippen LogP contribution in [0.15, 0.2) is 30.5 Å². The Morgan fingerprint density at radius 1 is 1.36 bits per heavy atom. The number of carbonyl (C=O) groups excluding carboxylic acids is 1. The third kappa shape index (κ3) is 5.30. The highest BCUT2D eigenvalue weighted by Crippen LogP contribution is 2.13. The summed E-state index contributed by atoms with van der Waals surface area (Å²) in [7, 11) is 0. The molecule has 0 aliphatic rings. The Labute approximate surface area is 154 Å². The number of nitro benzene ring substituents is 1. The van der Waals surface area contributed by atoms with E-state index in [0.717, 1.165) is 0 Å². The Morgan fingerprint density at radius 3 is 2.56 bits per heavy atom. The number of ether oxygens (including phenoxy) is 1. The van der Waals surface area contributed by atoms with Gasteiger partial charge in [-0.05, 0) is 26.0 Å². The van der Waals surface area contributed by atoms with E-state index < -0.39 is 4.92 Å². The van der Waals surface area contributed by atoms with Crippen molar-refractivity contribution in [3.63, 3.8) is 0 Å². The molecule has 0 radical (unpaired) electrons. The fourth-order valence-corrected chi connectivity index (χ4v) is 2.13. The predicted molar refractivity (Wildman–Crippen MR) is 85.6 cm³/mol. The van der Waals surface area contributed by atoms with Gasteiger partial charge in [0.05, 0.1) is 18.1 Å². The third-order valence-corrected chi connectivity index (χ3v) is 3.48. The molecule has 1 N–H and O–H groups in total. The topological polar surface area (TPSA) is 111 Å². The highest BCUT2D eigenvalue weighted by atomic mass is 79.9. The van der Waals surface area contributed by atoms with Crippen LogP contribution in [0.25, 0.3) is 0 Å². The quantitative estimate of drug-likeness (QED) is 0.358. The molecule has 0 saturated carbocycles. The van der Waals surface area contributed by atoms with Gasteiger partial charge in [0.1, 0.15) is 5.82 Å². The van der Waals surface area contributed by atoms with Crippen LogP contribution in [0.1, 0.15) is 28.7 Å². The molecular formula is C16H18BrN4O4-. The first-order chi connectivity index (χ1) is 11.4. The number of hydrogen-bond donors (Lipinski definition) is 1. The molecule has 0 spiro atoms. The summed E-state index contributed by atoms with van der Waals surface area (Å²) in [5.74, 6) is 0.343. The molecule has 2 aromatic rings. The molecule has 1 aromatic carbocycles. The molecule has 0 amide bonds. The van der Waals surface area contributed by atoms with Gasteiger partial charge < -0.3 is 26.3 Å². The van der Waals surface area contributed by atoms with E-state index in [1.165, 1.54) is 24.3 Å². The van der Waals surface area contributed by atoms with Gasteiger partial charge in [-0.3, -0.25) is 20.3 Å². The van der Waals surface area contributed by atoms with Crippen molar-refractivity contribution in [1.82, 2.24) is 9.55 Å². The van der Waals surface area contributed by atoms with Crippen molar-refractivity contribution in [3.8, 4) is 0 Å². The molecule has 1 aromatic heterocycles. The van der Waals surface area contributed by atoms with Crippen molar-refractivity contribution < 1.29 is 31.4 Å². The lowest BCUT2D eigenvalue weighted by atomic mass is 10.1. The summed E-state index contributed by atoms with van der Waals surface area (Å²) in [4.78, 5) is 26.6. The van der Waals surface area contributed by atoms with E-state index in [2.05, 4.69) is 4.98 Å². The van der Waals surface area contributed by atoms with Crippen LogP contribution in [-0.4, -0.2) is 26.9 Å². The number of aryl methyl sites for hydroxylation is 1. The average molecular weight is 410 g/mol. The Balaban J connectivity index is 0.00000312. The molecule has 0 aliphatic carbocycles. The van der Waals surface area contributed by atoms with Gasteiger partial charge >= 0.3 is 0 Å². The van der Waals surface area contributed by atoms with Crippen LogP contribution in [-0.2, 0) is 17.9 Å². The van der Waals surface area contributed by atoms with Crippen LogP contribution in [0.4, 0.5) is 5.69 Å². The van der Waals surface area contributed by atoms with Gasteiger partial charge in [0.2, 0.25) is 0 Å². The van der Waals surface area contributed by atoms with Crippen LogP contribution in [0.5, 0.6) is 0 Å². The van der Waals surface area contributed by atoms with E-state index in [1.807, 2.05) is 6.92 Å². The minimum absolute atomic E-state index is 0. The molecule has 25 heavy (non-hydrogen) atoms. The molecule has 0 fully saturated rings. The number of benzene rings is 1. The molecule has 134 valence electrons. The molecule has 0 atom stereocenters. The number of non-ortho nitro benzene ring substituents is 1. The molecule has 8 nitrogen and oxygen atoms in total. The van der Waals surface area contributed by atoms with Crippen LogP contribution in [0.2, 0.25) is 0 Å². The van der Waals surface area contributed by atoms with Crippen LogP contribution >= 0.6 is 0 Å². The number of Topliss-reactive ketones (excluding diaryl/α,β-unsaturated/α-hetero) is 1. The second-order valence-corrected chi connectivity index (χ2v) is 5.15. The van der Waals surface area contributed by atoms with Gasteiger partial charge in [0.25, 0.3) is 5.69 Å². The summed E-state index contributed by atoms with van der Waals surface area (Å²) >= 11 is 0. The number of aromatic nitrogens is 2. The van der Waals surface area contributed by atoms with Gasteiger partial charge in [0.15, 0.2) is 11.3 Å². The molecule has 2 rings (SSSR count). The normalized spacial score (nSPS) is 10.2. The molecule has 0 saturated heterocycles. The number of halogens is 1. The number of nitrogens with one attached hydrogen (secondary N) is 1. The van der Waals surface area contributed by atoms with Crippen molar-refractivity contribution in [2.24, 2.45) is 0 Å². The molecule has 0 bridgehead atoms. The lowest BCUT2D eigenvalue weighted by molar-refractivity contribution is -0.384. The van der Waals surface area contributed by atoms with Gasteiger partial charge in [-0.1, -0.05) is 0 Å². The second-order valence-electron chi connectivity index (χ2n) is 5.15. The maximum Gasteiger partial charge on any atom is 0.269 e. The van der Waals surface area contributed by atoms with Crippen molar-refractivity contribution >= 4 is 11.5 Å². The first-order valence-corrected chi connectivity index (χ1v) is 7.39. The maximum absolute atomic E-state index is 12.4.